The molecule has 0 aliphatic rings. The fourth-order valence-electron chi connectivity index (χ4n) is 1.43. The van der Waals surface area contributed by atoms with Crippen LogP contribution in [0.1, 0.15) is 11.3 Å². The average molecular weight is 348 g/mol. The van der Waals surface area contributed by atoms with Crippen LogP contribution in [0.4, 0.5) is 0 Å². The van der Waals surface area contributed by atoms with Gasteiger partial charge in [-0.05, 0) is 40.2 Å². The van der Waals surface area contributed by atoms with Crippen LogP contribution in [0.3, 0.4) is 0 Å². The van der Waals surface area contributed by atoms with Crippen molar-refractivity contribution in [3.63, 3.8) is 0 Å². The molecular weight excluding hydrogens is 338 g/mol. The molecular formula is C14H10BrN3O3. The van der Waals surface area contributed by atoms with Gasteiger partial charge in [-0.15, -0.1) is 0 Å². The maximum absolute atomic E-state index is 11.5. The van der Waals surface area contributed by atoms with Gasteiger partial charge in [-0.3, -0.25) is 4.79 Å². The van der Waals surface area contributed by atoms with E-state index < -0.39 is 5.91 Å². The van der Waals surface area contributed by atoms with Gasteiger partial charge in [0.2, 0.25) is 0 Å². The van der Waals surface area contributed by atoms with E-state index in [0.29, 0.717) is 21.7 Å². The number of amides is 1. The molecule has 106 valence electrons. The monoisotopic (exact) mass is 347 g/mol. The number of furan rings is 1. The van der Waals surface area contributed by atoms with Crippen LogP contribution in [0.5, 0.6) is 5.75 Å². The molecule has 2 aromatic rings. The molecule has 0 saturated carbocycles. The van der Waals surface area contributed by atoms with Gasteiger partial charge in [-0.2, -0.15) is 10.4 Å². The number of benzene rings is 1. The maximum atomic E-state index is 11.5. The summed E-state index contributed by atoms with van der Waals surface area (Å²) in [7, 11) is 0. The first-order valence-electron chi connectivity index (χ1n) is 5.88. The number of hydrogen-bond donors (Lipinski definition) is 1. The molecule has 0 saturated heterocycles. The lowest BCUT2D eigenvalue weighted by Crippen LogP contribution is -2.24. The number of rotatable bonds is 5. The smallest absolute Gasteiger partial charge is 0.277 e. The van der Waals surface area contributed by atoms with Crippen LogP contribution < -0.4 is 10.2 Å². The third-order valence-corrected chi connectivity index (χ3v) is 2.77. The first kappa shape index (κ1) is 14.8. The van der Waals surface area contributed by atoms with E-state index in [0.717, 1.165) is 0 Å². The van der Waals surface area contributed by atoms with Gasteiger partial charge in [0.05, 0.1) is 11.8 Å². The molecule has 6 nitrogen and oxygen atoms in total. The molecule has 1 aromatic carbocycles. The molecule has 0 spiro atoms. The Kier molecular flexibility index (Phi) is 5.12. The molecule has 0 radical (unpaired) electrons. The Morgan fingerprint density at radius 3 is 2.95 bits per heavy atom. The number of halogens is 1. The first-order valence-corrected chi connectivity index (χ1v) is 6.67. The Bertz CT molecular complexity index is 703. The number of ether oxygens (including phenoxy) is 1. The van der Waals surface area contributed by atoms with Gasteiger partial charge in [0.25, 0.3) is 5.91 Å². The lowest BCUT2D eigenvalue weighted by Gasteiger charge is -2.05. The zero-order valence-electron chi connectivity index (χ0n) is 10.7. The van der Waals surface area contributed by atoms with Crippen molar-refractivity contribution in [1.82, 2.24) is 5.43 Å². The Morgan fingerprint density at radius 2 is 2.24 bits per heavy atom. The number of nitrogens with one attached hydrogen (secondary N) is 1. The Labute approximate surface area is 129 Å². The molecule has 0 atom stereocenters. The van der Waals surface area contributed by atoms with Crippen molar-refractivity contribution >= 4 is 28.1 Å². The molecule has 1 heterocycles. The van der Waals surface area contributed by atoms with Gasteiger partial charge in [-0.1, -0.05) is 12.1 Å². The quantitative estimate of drug-likeness (QED) is 0.664. The largest absolute Gasteiger partial charge is 0.482 e. The summed E-state index contributed by atoms with van der Waals surface area (Å²) >= 11 is 3.16. The Morgan fingerprint density at radius 1 is 1.43 bits per heavy atom. The molecule has 0 unspecified atom stereocenters. The van der Waals surface area contributed by atoms with Crippen molar-refractivity contribution in [1.29, 1.82) is 5.26 Å². The summed E-state index contributed by atoms with van der Waals surface area (Å²) in [6.07, 6.45) is 1.37. The number of carbonyl (C=O) groups is 1. The maximum Gasteiger partial charge on any atom is 0.277 e. The van der Waals surface area contributed by atoms with E-state index in [1.807, 2.05) is 6.07 Å². The SMILES string of the molecule is N#Cc1ccccc1OCC(=O)N/N=C\c1ccc(Br)o1. The Balaban J connectivity index is 1.82. The third kappa shape index (κ3) is 4.47. The minimum Gasteiger partial charge on any atom is -0.482 e. The predicted molar refractivity (Wildman–Crippen MR) is 78.8 cm³/mol. The van der Waals surface area contributed by atoms with E-state index in [1.54, 1.807) is 36.4 Å². The molecule has 1 amide bonds. The lowest BCUT2D eigenvalue weighted by atomic mass is 10.2. The van der Waals surface area contributed by atoms with Gasteiger partial charge in [0.1, 0.15) is 17.6 Å². The zero-order chi connectivity index (χ0) is 15.1. The van der Waals surface area contributed by atoms with E-state index in [2.05, 4.69) is 26.5 Å². The van der Waals surface area contributed by atoms with Crippen molar-refractivity contribution in [2.24, 2.45) is 5.10 Å². The molecule has 0 bridgehead atoms. The topological polar surface area (TPSA) is 87.6 Å². The fraction of sp³-hybridized carbons (Fsp3) is 0.0714. The summed E-state index contributed by atoms with van der Waals surface area (Å²) in [6, 6.07) is 12.1. The van der Waals surface area contributed by atoms with E-state index in [4.69, 9.17) is 14.4 Å². The van der Waals surface area contributed by atoms with Crippen LogP contribution in [0.25, 0.3) is 0 Å². The summed E-state index contributed by atoms with van der Waals surface area (Å²) < 4.78 is 11.0. The van der Waals surface area contributed by atoms with Crippen molar-refractivity contribution in [2.75, 3.05) is 6.61 Å². The number of nitrogens with zero attached hydrogens (tertiary/aromatic N) is 2. The Hall–Kier alpha value is -2.59. The number of hydrazone groups is 1. The summed E-state index contributed by atoms with van der Waals surface area (Å²) in [6.45, 7) is -0.238. The highest BCUT2D eigenvalue weighted by Crippen LogP contribution is 2.16. The number of nitriles is 1. The number of para-hydroxylation sites is 1. The van der Waals surface area contributed by atoms with Gasteiger partial charge >= 0.3 is 0 Å². The van der Waals surface area contributed by atoms with E-state index in [-0.39, 0.29) is 6.61 Å². The predicted octanol–water partition coefficient (Wildman–Crippen LogP) is 2.44. The van der Waals surface area contributed by atoms with Crippen LogP contribution in [-0.4, -0.2) is 18.7 Å². The summed E-state index contributed by atoms with van der Waals surface area (Å²) in [5, 5.41) is 12.6. The third-order valence-electron chi connectivity index (χ3n) is 2.34. The van der Waals surface area contributed by atoms with Gasteiger partial charge in [-0.25, -0.2) is 5.43 Å². The second kappa shape index (κ2) is 7.26. The first-order chi connectivity index (χ1) is 10.2. The van der Waals surface area contributed by atoms with Crippen molar-refractivity contribution < 1.29 is 13.9 Å². The van der Waals surface area contributed by atoms with Crippen LogP contribution in [-0.2, 0) is 4.79 Å². The van der Waals surface area contributed by atoms with E-state index >= 15 is 0 Å². The van der Waals surface area contributed by atoms with Crippen LogP contribution in [0.15, 0.2) is 50.6 Å². The minimum atomic E-state index is -0.440. The molecule has 1 aromatic heterocycles. The van der Waals surface area contributed by atoms with Crippen molar-refractivity contribution in [2.45, 2.75) is 0 Å². The van der Waals surface area contributed by atoms with Crippen molar-refractivity contribution in [3.8, 4) is 11.8 Å². The summed E-state index contributed by atoms with van der Waals surface area (Å²) in [5.74, 6) is 0.414. The van der Waals surface area contributed by atoms with Crippen molar-refractivity contribution in [3.05, 3.63) is 52.4 Å². The molecule has 7 heteroatoms. The molecule has 0 aliphatic carbocycles. The highest BCUT2D eigenvalue weighted by atomic mass is 79.9. The second-order valence-electron chi connectivity index (χ2n) is 3.83. The molecule has 21 heavy (non-hydrogen) atoms. The summed E-state index contributed by atoms with van der Waals surface area (Å²) in [5.41, 5.74) is 2.67. The minimum absolute atomic E-state index is 0.238. The fourth-order valence-corrected chi connectivity index (χ4v) is 1.75. The molecule has 1 N–H and O–H groups in total. The number of hydrogen-bond acceptors (Lipinski definition) is 5. The highest BCUT2D eigenvalue weighted by molar-refractivity contribution is 9.10. The second-order valence-corrected chi connectivity index (χ2v) is 4.61. The standard InChI is InChI=1S/C14H10BrN3O3/c15-13-6-5-11(21-13)8-17-18-14(19)9-20-12-4-2-1-3-10(12)7-16/h1-6,8H,9H2,(H,18,19)/b17-8-. The normalized spacial score (nSPS) is 10.3. The average Bonchev–Trinajstić information content (AvgIpc) is 2.91. The van der Waals surface area contributed by atoms with Crippen LogP contribution >= 0.6 is 15.9 Å². The molecule has 2 rings (SSSR count). The van der Waals surface area contributed by atoms with E-state index in [9.17, 15) is 4.79 Å². The molecule has 0 fully saturated rings. The lowest BCUT2D eigenvalue weighted by molar-refractivity contribution is -0.123. The molecule has 0 aliphatic heterocycles. The number of carbonyl (C=O) groups excluding carboxylic acids is 1. The van der Waals surface area contributed by atoms with Gasteiger partial charge < -0.3 is 9.15 Å². The highest BCUT2D eigenvalue weighted by Gasteiger charge is 2.05. The van der Waals surface area contributed by atoms with Gasteiger partial charge in [0.15, 0.2) is 11.3 Å². The van der Waals surface area contributed by atoms with Crippen LogP contribution in [0.2, 0.25) is 0 Å². The van der Waals surface area contributed by atoms with E-state index in [1.165, 1.54) is 6.21 Å². The zero-order valence-corrected chi connectivity index (χ0v) is 12.3. The van der Waals surface area contributed by atoms with Gasteiger partial charge in [0, 0.05) is 0 Å². The summed E-state index contributed by atoms with van der Waals surface area (Å²) in [4.78, 5) is 11.5. The van der Waals surface area contributed by atoms with Crippen LogP contribution in [0, 0.1) is 11.3 Å².